The molecule has 0 radical (unpaired) electrons. The van der Waals surface area contributed by atoms with Crippen LogP contribution in [-0.2, 0) is 11.3 Å². The Morgan fingerprint density at radius 2 is 2.17 bits per heavy atom. The van der Waals surface area contributed by atoms with Gasteiger partial charge in [-0.2, -0.15) is 0 Å². The van der Waals surface area contributed by atoms with Crippen LogP contribution in [0, 0.1) is 0 Å². The molecule has 0 bridgehead atoms. The number of ether oxygens (including phenoxy) is 1. The number of H-pyrrole nitrogens is 1. The van der Waals surface area contributed by atoms with Crippen molar-refractivity contribution >= 4 is 22.5 Å². The van der Waals surface area contributed by atoms with Gasteiger partial charge in [0.25, 0.3) is 0 Å². The van der Waals surface area contributed by atoms with Crippen LogP contribution in [0.4, 0.5) is 0 Å². The van der Waals surface area contributed by atoms with E-state index in [9.17, 15) is 0 Å². The molecular formula is C14H17ClN2O. The second-order valence-electron chi connectivity index (χ2n) is 4.87. The van der Waals surface area contributed by atoms with Gasteiger partial charge >= 0.3 is 0 Å². The van der Waals surface area contributed by atoms with E-state index < -0.39 is 0 Å². The maximum atomic E-state index is 6.36. The molecule has 3 rings (SSSR count). The number of aromatic amines is 1. The number of methoxy groups -OCH3 is 1. The highest BCUT2D eigenvalue weighted by molar-refractivity contribution is 6.36. The van der Waals surface area contributed by atoms with Crippen molar-refractivity contribution in [3.8, 4) is 0 Å². The summed E-state index contributed by atoms with van der Waals surface area (Å²) in [6.45, 7) is 0.786. The van der Waals surface area contributed by atoms with Crippen LogP contribution in [-0.4, -0.2) is 24.2 Å². The first kappa shape index (κ1) is 12.0. The quantitative estimate of drug-likeness (QED) is 0.890. The van der Waals surface area contributed by atoms with Crippen LogP contribution in [0.15, 0.2) is 24.3 Å². The van der Waals surface area contributed by atoms with Gasteiger partial charge in [0, 0.05) is 36.3 Å². The van der Waals surface area contributed by atoms with Crippen LogP contribution in [0.1, 0.15) is 18.5 Å². The summed E-state index contributed by atoms with van der Waals surface area (Å²) in [6.07, 6.45) is 2.61. The van der Waals surface area contributed by atoms with Crippen molar-refractivity contribution in [1.29, 1.82) is 0 Å². The molecular weight excluding hydrogens is 248 g/mol. The summed E-state index contributed by atoms with van der Waals surface area (Å²) in [7, 11) is 1.77. The molecule has 0 unspecified atom stereocenters. The van der Waals surface area contributed by atoms with Gasteiger partial charge in [-0.25, -0.2) is 0 Å². The second kappa shape index (κ2) is 4.92. The molecule has 0 aliphatic heterocycles. The molecule has 0 amide bonds. The lowest BCUT2D eigenvalue weighted by atomic mass is 9.89. The third kappa shape index (κ3) is 2.14. The van der Waals surface area contributed by atoms with E-state index in [1.165, 1.54) is 0 Å². The maximum absolute atomic E-state index is 6.36. The molecule has 0 atom stereocenters. The van der Waals surface area contributed by atoms with Gasteiger partial charge < -0.3 is 15.0 Å². The molecule has 1 aliphatic rings. The molecule has 2 N–H and O–H groups in total. The number of para-hydroxylation sites is 1. The predicted octanol–water partition coefficient (Wildman–Crippen LogP) is 3.09. The fraction of sp³-hybridized carbons (Fsp3) is 0.429. The van der Waals surface area contributed by atoms with Crippen molar-refractivity contribution in [2.24, 2.45) is 0 Å². The number of halogens is 1. The van der Waals surface area contributed by atoms with E-state index in [4.69, 9.17) is 16.3 Å². The summed E-state index contributed by atoms with van der Waals surface area (Å²) < 4.78 is 5.27. The molecule has 1 aliphatic carbocycles. The number of fused-ring (bicyclic) bond motifs is 1. The van der Waals surface area contributed by atoms with E-state index in [2.05, 4.69) is 16.4 Å². The van der Waals surface area contributed by atoms with Crippen molar-refractivity contribution in [3.63, 3.8) is 0 Å². The Kier molecular flexibility index (Phi) is 3.29. The van der Waals surface area contributed by atoms with E-state index in [1.54, 1.807) is 7.11 Å². The fourth-order valence-corrected chi connectivity index (χ4v) is 2.74. The standard InChI is InChI=1S/C14H17ClN2O/c1-18-10-6-9(7-10)16-8-13-14(15)11-4-2-3-5-12(11)17-13/h2-5,9-10,16-17H,6-8H2,1H3. The van der Waals surface area contributed by atoms with E-state index in [0.29, 0.717) is 12.1 Å². The zero-order valence-corrected chi connectivity index (χ0v) is 11.1. The van der Waals surface area contributed by atoms with Crippen molar-refractivity contribution in [2.75, 3.05) is 7.11 Å². The minimum Gasteiger partial charge on any atom is -0.381 e. The van der Waals surface area contributed by atoms with E-state index >= 15 is 0 Å². The molecule has 1 fully saturated rings. The van der Waals surface area contributed by atoms with Gasteiger partial charge in [-0.1, -0.05) is 29.8 Å². The van der Waals surface area contributed by atoms with Gasteiger partial charge in [0.1, 0.15) is 0 Å². The molecule has 1 saturated carbocycles. The minimum atomic E-state index is 0.431. The normalized spacial score (nSPS) is 23.2. The van der Waals surface area contributed by atoms with Crippen molar-refractivity contribution in [3.05, 3.63) is 35.0 Å². The lowest BCUT2D eigenvalue weighted by Crippen LogP contribution is -2.44. The van der Waals surface area contributed by atoms with Crippen LogP contribution in [0.3, 0.4) is 0 Å². The van der Waals surface area contributed by atoms with Gasteiger partial charge in [0.15, 0.2) is 0 Å². The Morgan fingerprint density at radius 1 is 1.39 bits per heavy atom. The number of hydrogen-bond acceptors (Lipinski definition) is 2. The maximum Gasteiger partial charge on any atom is 0.0705 e. The average Bonchev–Trinajstić information content (AvgIpc) is 2.66. The Balaban J connectivity index is 1.66. The first-order valence-electron chi connectivity index (χ1n) is 6.29. The van der Waals surface area contributed by atoms with Crippen molar-refractivity contribution < 1.29 is 4.74 Å². The minimum absolute atomic E-state index is 0.431. The van der Waals surface area contributed by atoms with Crippen LogP contribution >= 0.6 is 11.6 Å². The highest BCUT2D eigenvalue weighted by atomic mass is 35.5. The summed E-state index contributed by atoms with van der Waals surface area (Å²) in [6, 6.07) is 8.67. The molecule has 1 heterocycles. The number of aromatic nitrogens is 1. The molecule has 4 heteroatoms. The zero-order chi connectivity index (χ0) is 12.5. The molecule has 18 heavy (non-hydrogen) atoms. The molecule has 1 aromatic heterocycles. The molecule has 1 aromatic carbocycles. The number of nitrogens with one attached hydrogen (secondary N) is 2. The van der Waals surface area contributed by atoms with E-state index in [-0.39, 0.29) is 0 Å². The van der Waals surface area contributed by atoms with Crippen LogP contribution in [0.2, 0.25) is 5.02 Å². The van der Waals surface area contributed by atoms with E-state index in [0.717, 1.165) is 41.0 Å². The second-order valence-corrected chi connectivity index (χ2v) is 5.25. The number of benzene rings is 1. The molecule has 2 aromatic rings. The Hall–Kier alpha value is -1.03. The summed E-state index contributed by atoms with van der Waals surface area (Å²) in [4.78, 5) is 3.37. The first-order valence-corrected chi connectivity index (χ1v) is 6.67. The lowest BCUT2D eigenvalue weighted by Gasteiger charge is -2.34. The van der Waals surface area contributed by atoms with Crippen LogP contribution in [0.25, 0.3) is 10.9 Å². The predicted molar refractivity (Wildman–Crippen MR) is 74.0 cm³/mol. The molecule has 3 nitrogen and oxygen atoms in total. The monoisotopic (exact) mass is 264 g/mol. The molecule has 0 spiro atoms. The van der Waals surface area contributed by atoms with Crippen LogP contribution < -0.4 is 5.32 Å². The number of rotatable bonds is 4. The zero-order valence-electron chi connectivity index (χ0n) is 10.4. The topological polar surface area (TPSA) is 37.0 Å². The Morgan fingerprint density at radius 3 is 2.89 bits per heavy atom. The lowest BCUT2D eigenvalue weighted by molar-refractivity contribution is 0.0169. The SMILES string of the molecule is COC1CC(NCc2[nH]c3ccccc3c2Cl)C1. The highest BCUT2D eigenvalue weighted by Crippen LogP contribution is 2.28. The number of hydrogen-bond donors (Lipinski definition) is 2. The van der Waals surface area contributed by atoms with Gasteiger partial charge in [-0.15, -0.1) is 0 Å². The summed E-state index contributed by atoms with van der Waals surface area (Å²) >= 11 is 6.36. The molecule has 0 saturated heterocycles. The van der Waals surface area contributed by atoms with Gasteiger partial charge in [0.05, 0.1) is 11.1 Å². The summed E-state index contributed by atoms with van der Waals surface area (Å²) in [5.74, 6) is 0. The average molecular weight is 265 g/mol. The largest absolute Gasteiger partial charge is 0.381 e. The Bertz CT molecular complexity index is 546. The Labute approximate surface area is 111 Å². The summed E-state index contributed by atoms with van der Waals surface area (Å²) in [5.41, 5.74) is 2.17. The van der Waals surface area contributed by atoms with E-state index in [1.807, 2.05) is 18.2 Å². The van der Waals surface area contributed by atoms with Crippen molar-refractivity contribution in [2.45, 2.75) is 31.5 Å². The first-order chi connectivity index (χ1) is 8.78. The summed E-state index contributed by atoms with van der Waals surface area (Å²) in [5, 5.41) is 5.44. The van der Waals surface area contributed by atoms with Gasteiger partial charge in [-0.05, 0) is 18.9 Å². The van der Waals surface area contributed by atoms with Crippen molar-refractivity contribution in [1.82, 2.24) is 10.3 Å². The van der Waals surface area contributed by atoms with Gasteiger partial charge in [-0.3, -0.25) is 0 Å². The van der Waals surface area contributed by atoms with Gasteiger partial charge in [0.2, 0.25) is 0 Å². The third-order valence-electron chi connectivity index (χ3n) is 3.71. The van der Waals surface area contributed by atoms with Crippen LogP contribution in [0.5, 0.6) is 0 Å². The fourth-order valence-electron chi connectivity index (χ4n) is 2.46. The smallest absolute Gasteiger partial charge is 0.0705 e. The third-order valence-corrected chi connectivity index (χ3v) is 4.14. The molecule has 96 valence electrons. The highest BCUT2D eigenvalue weighted by Gasteiger charge is 2.28.